The lowest BCUT2D eigenvalue weighted by Gasteiger charge is -2.21. The zero-order valence-electron chi connectivity index (χ0n) is 58.5. The standard InChI is InChI=1S/C77H126O16P2/c1-4-7-10-13-16-19-22-25-28-31-33-35-37-40-42-45-48-51-54-57-60-63-75(80)87-66-72(78)67-89-94(83,84)90-68-73(79)69-91-95(85,86)92-71-74(93-77(82)65-62-59-56-53-50-47-44-39-30-27-24-21-18-15-12-9-6-3)70-88-76(81)64-61-58-55-52-49-46-43-41-38-36-34-32-29-26-23-20-17-14-11-8-5-2/h9,12,16-21,25-30,33-36,40-44,47,53,56,72-74,78-79H,4-8,10-11,13-15,22-24,31-32,37-39,45-46,48-52,54-55,57-71H2,1-3H3,(H,83,84)(H,85,86)/b12-9-,19-16-,20-17-,21-18-,28-25-,29-26-,30-27-,35-33-,36-34-,42-40-,43-41-,47-44-,56-53-. The Hall–Kier alpha value is -4.83. The first kappa shape index (κ1) is 90.2. The second-order valence-electron chi connectivity index (χ2n) is 23.3. The highest BCUT2D eigenvalue weighted by molar-refractivity contribution is 7.47. The van der Waals surface area contributed by atoms with Crippen molar-refractivity contribution in [1.82, 2.24) is 0 Å². The molecule has 0 fully saturated rings. The Morgan fingerprint density at radius 2 is 0.568 bits per heavy atom. The highest BCUT2D eigenvalue weighted by Crippen LogP contribution is 2.45. The average molecular weight is 1370 g/mol. The van der Waals surface area contributed by atoms with Gasteiger partial charge >= 0.3 is 33.6 Å². The number of unbranched alkanes of at least 4 members (excludes halogenated alkanes) is 17. The fourth-order valence-electron chi connectivity index (χ4n) is 8.75. The Balaban J connectivity index is 4.79. The molecule has 4 N–H and O–H groups in total. The van der Waals surface area contributed by atoms with Crippen LogP contribution < -0.4 is 0 Å². The van der Waals surface area contributed by atoms with E-state index in [4.69, 9.17) is 32.3 Å². The van der Waals surface area contributed by atoms with E-state index in [-0.39, 0.29) is 19.3 Å². The molecule has 0 spiro atoms. The third-order valence-corrected chi connectivity index (χ3v) is 16.1. The molecule has 0 aromatic rings. The van der Waals surface area contributed by atoms with Crippen LogP contribution in [0.1, 0.15) is 252 Å². The minimum absolute atomic E-state index is 0.0150. The van der Waals surface area contributed by atoms with Gasteiger partial charge in [0, 0.05) is 19.3 Å². The Morgan fingerprint density at radius 1 is 0.305 bits per heavy atom. The smallest absolute Gasteiger partial charge is 0.463 e. The molecule has 18 heteroatoms. The molecular weight excluding hydrogens is 1240 g/mol. The van der Waals surface area contributed by atoms with Crippen molar-refractivity contribution in [3.05, 3.63) is 158 Å². The molecule has 0 heterocycles. The number of carbonyl (C=O) groups is 3. The number of aliphatic hydroxyl groups excluding tert-OH is 2. The van der Waals surface area contributed by atoms with Crippen LogP contribution in [-0.2, 0) is 55.8 Å². The van der Waals surface area contributed by atoms with E-state index >= 15 is 0 Å². The number of hydrogen-bond acceptors (Lipinski definition) is 14. The van der Waals surface area contributed by atoms with Gasteiger partial charge in [-0.05, 0) is 148 Å². The van der Waals surface area contributed by atoms with E-state index in [1.54, 1.807) is 0 Å². The summed E-state index contributed by atoms with van der Waals surface area (Å²) in [5.74, 6) is -1.69. The van der Waals surface area contributed by atoms with Crippen LogP contribution in [0.4, 0.5) is 0 Å². The molecule has 0 aliphatic rings. The predicted molar refractivity (Wildman–Crippen MR) is 389 cm³/mol. The number of aliphatic hydroxyl groups is 2. The molecule has 16 nitrogen and oxygen atoms in total. The highest BCUT2D eigenvalue weighted by Gasteiger charge is 2.29. The van der Waals surface area contributed by atoms with Gasteiger partial charge in [0.25, 0.3) is 0 Å². The summed E-state index contributed by atoms with van der Waals surface area (Å²) in [5, 5.41) is 20.6. The molecule has 95 heavy (non-hydrogen) atoms. The van der Waals surface area contributed by atoms with Crippen LogP contribution in [0.2, 0.25) is 0 Å². The number of phosphoric acid groups is 2. The van der Waals surface area contributed by atoms with E-state index in [0.29, 0.717) is 25.7 Å². The summed E-state index contributed by atoms with van der Waals surface area (Å²) in [4.78, 5) is 58.5. The summed E-state index contributed by atoms with van der Waals surface area (Å²) in [6.45, 7) is 2.36. The molecule has 0 rings (SSSR count). The van der Waals surface area contributed by atoms with E-state index in [0.717, 1.165) is 141 Å². The summed E-state index contributed by atoms with van der Waals surface area (Å²) in [7, 11) is -9.83. The van der Waals surface area contributed by atoms with Crippen molar-refractivity contribution in [3.8, 4) is 0 Å². The van der Waals surface area contributed by atoms with Gasteiger partial charge < -0.3 is 34.2 Å². The quantitative estimate of drug-likeness (QED) is 0.0146. The van der Waals surface area contributed by atoms with Gasteiger partial charge in [-0.1, -0.05) is 243 Å². The maximum Gasteiger partial charge on any atom is 0.472 e. The Bertz CT molecular complexity index is 2360. The van der Waals surface area contributed by atoms with Gasteiger partial charge in [-0.2, -0.15) is 0 Å². The first-order valence-corrected chi connectivity index (χ1v) is 38.8. The zero-order chi connectivity index (χ0) is 69.5. The fraction of sp³-hybridized carbons (Fsp3) is 0.623. The SMILES string of the molecule is CC/C=C\C/C=C\C/C=C\C/C=C\C/C=C\CCCC(=O)OC(COC(=O)CCCCCCC/C=C\C/C=C\C/C=C\C/C=C\CCCCC)COP(=O)(O)OCC(O)COP(=O)(O)OCC(O)COC(=O)CCCCCCC/C=C\C/C=C\C/C=C\C/C=C\CCCCC. The minimum Gasteiger partial charge on any atom is -0.463 e. The highest BCUT2D eigenvalue weighted by atomic mass is 31.2. The van der Waals surface area contributed by atoms with Crippen molar-refractivity contribution in [2.75, 3.05) is 39.6 Å². The fourth-order valence-corrected chi connectivity index (χ4v) is 10.3. The minimum atomic E-state index is -4.96. The molecule has 0 amide bonds. The van der Waals surface area contributed by atoms with Gasteiger partial charge in [0.15, 0.2) is 6.10 Å². The summed E-state index contributed by atoms with van der Waals surface area (Å²) >= 11 is 0. The van der Waals surface area contributed by atoms with Gasteiger partial charge in [-0.3, -0.25) is 32.5 Å². The van der Waals surface area contributed by atoms with Crippen LogP contribution in [0.15, 0.2) is 158 Å². The van der Waals surface area contributed by atoms with E-state index in [1.807, 2.05) is 12.2 Å². The molecule has 0 aliphatic heterocycles. The normalized spacial score (nSPS) is 15.1. The topological polar surface area (TPSA) is 231 Å². The maximum absolute atomic E-state index is 12.9. The molecule has 540 valence electrons. The number of esters is 3. The lowest BCUT2D eigenvalue weighted by Crippen LogP contribution is -2.30. The van der Waals surface area contributed by atoms with Crippen LogP contribution in [0.5, 0.6) is 0 Å². The Morgan fingerprint density at radius 3 is 0.916 bits per heavy atom. The second-order valence-corrected chi connectivity index (χ2v) is 26.2. The first-order chi connectivity index (χ1) is 46.2. The number of hydrogen-bond donors (Lipinski definition) is 4. The van der Waals surface area contributed by atoms with E-state index in [9.17, 15) is 43.5 Å². The van der Waals surface area contributed by atoms with Crippen LogP contribution in [0, 0.1) is 0 Å². The molecule has 0 saturated heterocycles. The molecule has 0 aromatic carbocycles. The summed E-state index contributed by atoms with van der Waals surface area (Å²) in [6, 6.07) is 0. The monoisotopic (exact) mass is 1370 g/mol. The number of ether oxygens (including phenoxy) is 3. The molecule has 5 atom stereocenters. The molecule has 0 aromatic heterocycles. The molecule has 0 radical (unpaired) electrons. The Labute approximate surface area is 574 Å². The molecule has 0 saturated carbocycles. The first-order valence-electron chi connectivity index (χ1n) is 35.8. The largest absolute Gasteiger partial charge is 0.472 e. The lowest BCUT2D eigenvalue weighted by atomic mass is 10.1. The van der Waals surface area contributed by atoms with Crippen molar-refractivity contribution < 1.29 is 75.8 Å². The molecule has 5 unspecified atom stereocenters. The van der Waals surface area contributed by atoms with Crippen LogP contribution >= 0.6 is 15.6 Å². The Kier molecular flexibility index (Phi) is 65.6. The number of carbonyl (C=O) groups excluding carboxylic acids is 3. The zero-order valence-corrected chi connectivity index (χ0v) is 60.3. The van der Waals surface area contributed by atoms with E-state index in [2.05, 4.69) is 167 Å². The predicted octanol–water partition coefficient (Wildman–Crippen LogP) is 20.3. The van der Waals surface area contributed by atoms with Crippen molar-refractivity contribution >= 4 is 33.6 Å². The molecule has 0 bridgehead atoms. The van der Waals surface area contributed by atoms with E-state index in [1.165, 1.54) is 44.9 Å². The van der Waals surface area contributed by atoms with E-state index < -0.39 is 91.5 Å². The van der Waals surface area contributed by atoms with Crippen LogP contribution in [0.3, 0.4) is 0 Å². The summed E-state index contributed by atoms with van der Waals surface area (Å²) in [5.41, 5.74) is 0. The number of allylic oxidation sites excluding steroid dienone is 26. The lowest BCUT2D eigenvalue weighted by molar-refractivity contribution is -0.161. The third-order valence-electron chi connectivity index (χ3n) is 14.2. The third kappa shape index (κ3) is 70.3. The summed E-state index contributed by atoms with van der Waals surface area (Å²) in [6.07, 6.45) is 84.3. The van der Waals surface area contributed by atoms with Gasteiger partial charge in [0.05, 0.1) is 26.4 Å². The van der Waals surface area contributed by atoms with Crippen molar-refractivity contribution in [3.63, 3.8) is 0 Å². The van der Waals surface area contributed by atoms with Gasteiger partial charge in [0.2, 0.25) is 0 Å². The van der Waals surface area contributed by atoms with Gasteiger partial charge in [-0.15, -0.1) is 0 Å². The average Bonchev–Trinajstić information content (AvgIpc) is 1.93. The van der Waals surface area contributed by atoms with Crippen molar-refractivity contribution in [1.29, 1.82) is 0 Å². The van der Waals surface area contributed by atoms with Gasteiger partial charge in [-0.25, -0.2) is 9.13 Å². The number of phosphoric ester groups is 2. The second kappa shape index (κ2) is 69.1. The molecular formula is C77H126O16P2. The van der Waals surface area contributed by atoms with Gasteiger partial charge in [0.1, 0.15) is 25.4 Å². The number of rotatable bonds is 66. The van der Waals surface area contributed by atoms with Crippen LogP contribution in [0.25, 0.3) is 0 Å². The maximum atomic E-state index is 12.9. The molecule has 0 aliphatic carbocycles. The van der Waals surface area contributed by atoms with Crippen molar-refractivity contribution in [2.45, 2.75) is 270 Å². The summed E-state index contributed by atoms with van der Waals surface area (Å²) < 4.78 is 60.9. The van der Waals surface area contributed by atoms with Crippen LogP contribution in [-0.4, -0.2) is 95.9 Å². The van der Waals surface area contributed by atoms with Crippen molar-refractivity contribution in [2.24, 2.45) is 0 Å².